The van der Waals surface area contributed by atoms with E-state index in [1.165, 1.54) is 23.1 Å². The van der Waals surface area contributed by atoms with E-state index in [0.717, 1.165) is 0 Å². The molecule has 0 bridgehead atoms. The number of halogens is 1. The largest absolute Gasteiger partial charge is 0.345 e. The number of hydrogen-bond acceptors (Lipinski definition) is 7. The van der Waals surface area contributed by atoms with Crippen LogP contribution in [-0.4, -0.2) is 37.3 Å². The predicted octanol–water partition coefficient (Wildman–Crippen LogP) is 3.07. The van der Waals surface area contributed by atoms with Crippen LogP contribution in [0.25, 0.3) is 0 Å². The lowest BCUT2D eigenvalue weighted by molar-refractivity contribution is -0.113. The maximum absolute atomic E-state index is 12.3. The number of aromatic nitrogens is 4. The average Bonchev–Trinajstić information content (AvgIpc) is 3.34. The number of carbonyl (C=O) groups excluding carboxylic acids is 2. The van der Waals surface area contributed by atoms with E-state index in [4.69, 9.17) is 11.6 Å². The third kappa shape index (κ3) is 5.09. The Labute approximate surface area is 174 Å². The number of thiazole rings is 1. The molecule has 2 aromatic heterocycles. The highest BCUT2D eigenvalue weighted by atomic mass is 35.5. The number of nitrogens with zero attached hydrogens (tertiary/aromatic N) is 4. The molecule has 1 aromatic carbocycles. The fourth-order valence-electron chi connectivity index (χ4n) is 2.34. The Morgan fingerprint density at radius 1 is 1.29 bits per heavy atom. The average molecular weight is 437 g/mol. The number of thioether (sulfide) groups is 1. The SMILES string of the molecule is CCn1c(CNC(=O)c2ccccc2Cl)nnc1SCC(=O)Nc1nccs1. The Bertz CT molecular complexity index is 960. The number of hydrogen-bond donors (Lipinski definition) is 2. The highest BCUT2D eigenvalue weighted by Crippen LogP contribution is 2.19. The Morgan fingerprint density at radius 2 is 2.11 bits per heavy atom. The molecule has 0 aliphatic rings. The molecule has 2 amide bonds. The maximum Gasteiger partial charge on any atom is 0.253 e. The molecule has 0 spiro atoms. The van der Waals surface area contributed by atoms with Gasteiger partial charge in [-0.3, -0.25) is 9.59 Å². The first-order chi connectivity index (χ1) is 13.6. The zero-order valence-electron chi connectivity index (χ0n) is 14.9. The molecule has 146 valence electrons. The Balaban J connectivity index is 1.58. The molecule has 3 rings (SSSR count). The summed E-state index contributed by atoms with van der Waals surface area (Å²) in [6.07, 6.45) is 1.63. The number of nitrogens with one attached hydrogen (secondary N) is 2. The van der Waals surface area contributed by atoms with Crippen LogP contribution in [0.5, 0.6) is 0 Å². The van der Waals surface area contributed by atoms with Crippen LogP contribution in [0.2, 0.25) is 5.02 Å². The van der Waals surface area contributed by atoms with Gasteiger partial charge < -0.3 is 15.2 Å². The van der Waals surface area contributed by atoms with Gasteiger partial charge in [0.05, 0.1) is 22.9 Å². The lowest BCUT2D eigenvalue weighted by Gasteiger charge is -2.09. The Hall–Kier alpha value is -2.43. The van der Waals surface area contributed by atoms with Crippen LogP contribution in [0.15, 0.2) is 41.0 Å². The molecule has 0 radical (unpaired) electrons. The van der Waals surface area contributed by atoms with Crippen molar-refractivity contribution >= 4 is 51.6 Å². The van der Waals surface area contributed by atoms with Crippen molar-refractivity contribution in [3.8, 4) is 0 Å². The monoisotopic (exact) mass is 436 g/mol. The van der Waals surface area contributed by atoms with Gasteiger partial charge in [0.2, 0.25) is 5.91 Å². The first-order valence-electron chi connectivity index (χ1n) is 8.35. The van der Waals surface area contributed by atoms with Crippen LogP contribution in [0, 0.1) is 0 Å². The van der Waals surface area contributed by atoms with Gasteiger partial charge in [-0.15, -0.1) is 21.5 Å². The minimum atomic E-state index is -0.284. The highest BCUT2D eigenvalue weighted by molar-refractivity contribution is 7.99. The highest BCUT2D eigenvalue weighted by Gasteiger charge is 2.15. The summed E-state index contributed by atoms with van der Waals surface area (Å²) in [6.45, 7) is 2.76. The van der Waals surface area contributed by atoms with Crippen LogP contribution in [0.1, 0.15) is 23.1 Å². The van der Waals surface area contributed by atoms with Crippen LogP contribution >= 0.6 is 34.7 Å². The normalized spacial score (nSPS) is 10.6. The number of rotatable bonds is 8. The molecule has 0 fully saturated rings. The molecule has 0 aliphatic carbocycles. The molecule has 8 nitrogen and oxygen atoms in total. The zero-order valence-corrected chi connectivity index (χ0v) is 17.3. The number of carbonyl (C=O) groups is 2. The van der Waals surface area contributed by atoms with Gasteiger partial charge in [-0.2, -0.15) is 0 Å². The van der Waals surface area contributed by atoms with Gasteiger partial charge in [-0.25, -0.2) is 4.98 Å². The fourth-order valence-corrected chi connectivity index (χ4v) is 3.93. The van der Waals surface area contributed by atoms with Gasteiger partial charge in [0.15, 0.2) is 16.1 Å². The van der Waals surface area contributed by atoms with Gasteiger partial charge in [-0.1, -0.05) is 35.5 Å². The summed E-state index contributed by atoms with van der Waals surface area (Å²) < 4.78 is 1.86. The first kappa shape index (κ1) is 20.3. The molecule has 0 aliphatic heterocycles. The lowest BCUT2D eigenvalue weighted by atomic mass is 10.2. The van der Waals surface area contributed by atoms with Gasteiger partial charge >= 0.3 is 0 Å². The van der Waals surface area contributed by atoms with E-state index in [1.807, 2.05) is 11.5 Å². The molecule has 3 aromatic rings. The first-order valence-corrected chi connectivity index (χ1v) is 10.6. The zero-order chi connectivity index (χ0) is 19.9. The second kappa shape index (κ2) is 9.67. The van der Waals surface area contributed by atoms with Crippen LogP contribution in [0.4, 0.5) is 5.13 Å². The van der Waals surface area contributed by atoms with Crippen molar-refractivity contribution in [2.45, 2.75) is 25.2 Å². The molecule has 0 unspecified atom stereocenters. The summed E-state index contributed by atoms with van der Waals surface area (Å²) in [4.78, 5) is 28.3. The molecule has 11 heteroatoms. The van der Waals surface area contributed by atoms with E-state index in [-0.39, 0.29) is 24.1 Å². The smallest absolute Gasteiger partial charge is 0.253 e. The van der Waals surface area contributed by atoms with Gasteiger partial charge in [0.1, 0.15) is 0 Å². The lowest BCUT2D eigenvalue weighted by Crippen LogP contribution is -2.25. The van der Waals surface area contributed by atoms with Crippen molar-refractivity contribution in [2.24, 2.45) is 0 Å². The summed E-state index contributed by atoms with van der Waals surface area (Å²) >= 11 is 8.68. The molecule has 28 heavy (non-hydrogen) atoms. The maximum atomic E-state index is 12.3. The van der Waals surface area contributed by atoms with E-state index < -0.39 is 0 Å². The van der Waals surface area contributed by atoms with E-state index in [1.54, 1.807) is 35.8 Å². The van der Waals surface area contributed by atoms with Crippen molar-refractivity contribution in [2.75, 3.05) is 11.1 Å². The second-order valence-electron chi connectivity index (χ2n) is 5.48. The Kier molecular flexibility index (Phi) is 7.01. The van der Waals surface area contributed by atoms with Gasteiger partial charge in [-0.05, 0) is 19.1 Å². The quantitative estimate of drug-likeness (QED) is 0.526. The van der Waals surface area contributed by atoms with Crippen molar-refractivity contribution < 1.29 is 9.59 Å². The third-order valence-corrected chi connectivity index (χ3v) is 5.63. The van der Waals surface area contributed by atoms with Crippen LogP contribution in [0.3, 0.4) is 0 Å². The van der Waals surface area contributed by atoms with Gasteiger partial charge in [0, 0.05) is 18.1 Å². The van der Waals surface area contributed by atoms with Crippen molar-refractivity contribution in [3.05, 3.63) is 52.3 Å². The molecule has 0 saturated carbocycles. The van der Waals surface area contributed by atoms with E-state index >= 15 is 0 Å². The van der Waals surface area contributed by atoms with Crippen LogP contribution in [-0.2, 0) is 17.9 Å². The van der Waals surface area contributed by atoms with Crippen molar-refractivity contribution in [3.63, 3.8) is 0 Å². The summed E-state index contributed by atoms with van der Waals surface area (Å²) in [5.41, 5.74) is 0.403. The molecule has 0 saturated heterocycles. The number of amides is 2. The summed E-state index contributed by atoms with van der Waals surface area (Å²) in [5, 5.41) is 17.1. The molecular formula is C17H17ClN6O2S2. The van der Waals surface area contributed by atoms with Gasteiger partial charge in [0.25, 0.3) is 5.91 Å². The third-order valence-electron chi connectivity index (χ3n) is 3.65. The van der Waals surface area contributed by atoms with E-state index in [9.17, 15) is 9.59 Å². The van der Waals surface area contributed by atoms with E-state index in [0.29, 0.717) is 33.2 Å². The standard InChI is InChI=1S/C17H17ClN6O2S2/c1-2-24-13(9-20-15(26)11-5-3-4-6-12(11)18)22-23-17(24)28-10-14(25)21-16-19-7-8-27-16/h3-8H,2,9-10H2,1H3,(H,20,26)(H,19,21,25). The molecule has 2 N–H and O–H groups in total. The second-order valence-corrected chi connectivity index (χ2v) is 7.72. The number of anilines is 1. The minimum Gasteiger partial charge on any atom is -0.345 e. The Morgan fingerprint density at radius 3 is 2.82 bits per heavy atom. The topological polar surface area (TPSA) is 102 Å². The van der Waals surface area contributed by atoms with Crippen molar-refractivity contribution in [1.82, 2.24) is 25.1 Å². The van der Waals surface area contributed by atoms with Crippen LogP contribution < -0.4 is 10.6 Å². The summed E-state index contributed by atoms with van der Waals surface area (Å²) in [7, 11) is 0. The molecule has 0 atom stereocenters. The summed E-state index contributed by atoms with van der Waals surface area (Å²) in [5.74, 6) is 0.335. The predicted molar refractivity (Wildman–Crippen MR) is 110 cm³/mol. The number of benzene rings is 1. The fraction of sp³-hybridized carbons (Fsp3) is 0.235. The minimum absolute atomic E-state index is 0.167. The van der Waals surface area contributed by atoms with Crippen molar-refractivity contribution in [1.29, 1.82) is 0 Å². The van der Waals surface area contributed by atoms with E-state index in [2.05, 4.69) is 25.8 Å². The summed E-state index contributed by atoms with van der Waals surface area (Å²) in [6, 6.07) is 6.84. The molecular weight excluding hydrogens is 420 g/mol. The molecule has 2 heterocycles.